The Bertz CT molecular complexity index is 880. The van der Waals surface area contributed by atoms with E-state index in [-0.39, 0.29) is 5.91 Å². The number of amides is 1. The fraction of sp³-hybridized carbons (Fsp3) is 0.286. The molecule has 0 aliphatic carbocycles. The third-order valence-corrected chi connectivity index (χ3v) is 4.87. The van der Waals surface area contributed by atoms with Crippen LogP contribution in [0.2, 0.25) is 0 Å². The molecule has 5 heteroatoms. The highest BCUT2D eigenvalue weighted by atomic mass is 16.5. The molecule has 0 saturated carbocycles. The van der Waals surface area contributed by atoms with Gasteiger partial charge in [-0.15, -0.1) is 0 Å². The average Bonchev–Trinajstić information content (AvgIpc) is 3.18. The number of H-pyrrole nitrogens is 1. The number of aromatic nitrogens is 1. The van der Waals surface area contributed by atoms with Crippen molar-refractivity contribution < 1.29 is 9.53 Å². The molecule has 2 aromatic carbocycles. The van der Waals surface area contributed by atoms with Gasteiger partial charge in [-0.3, -0.25) is 4.79 Å². The van der Waals surface area contributed by atoms with Gasteiger partial charge in [-0.2, -0.15) is 0 Å². The molecule has 0 spiro atoms. The summed E-state index contributed by atoms with van der Waals surface area (Å²) >= 11 is 0. The highest BCUT2D eigenvalue weighted by molar-refractivity contribution is 5.94. The molecule has 1 aliphatic heterocycles. The summed E-state index contributed by atoms with van der Waals surface area (Å²) in [5, 5.41) is 4.24. The molecule has 1 aromatic heterocycles. The summed E-state index contributed by atoms with van der Waals surface area (Å²) in [5.74, 6) is -0.0280. The van der Waals surface area contributed by atoms with Crippen molar-refractivity contribution in [3.8, 4) is 0 Å². The Balaban J connectivity index is 1.34. The van der Waals surface area contributed by atoms with E-state index in [9.17, 15) is 4.79 Å². The first-order chi connectivity index (χ1) is 12.8. The minimum absolute atomic E-state index is 0.0280. The van der Waals surface area contributed by atoms with E-state index < -0.39 is 0 Å². The SMILES string of the molecule is O=C(NCCc1cccc2[nH]ccc12)c1ccc(N2CCOCC2)cc1. The van der Waals surface area contributed by atoms with Crippen LogP contribution in [0.25, 0.3) is 10.9 Å². The number of benzene rings is 2. The van der Waals surface area contributed by atoms with Gasteiger partial charge in [-0.1, -0.05) is 12.1 Å². The second kappa shape index (κ2) is 7.62. The summed E-state index contributed by atoms with van der Waals surface area (Å²) in [6.45, 7) is 3.94. The summed E-state index contributed by atoms with van der Waals surface area (Å²) in [5.41, 5.74) is 4.21. The Labute approximate surface area is 153 Å². The second-order valence-corrected chi connectivity index (χ2v) is 6.51. The van der Waals surface area contributed by atoms with Gasteiger partial charge < -0.3 is 19.9 Å². The number of nitrogens with one attached hydrogen (secondary N) is 2. The monoisotopic (exact) mass is 349 g/mol. The van der Waals surface area contributed by atoms with Gasteiger partial charge in [0, 0.05) is 48.0 Å². The summed E-state index contributed by atoms with van der Waals surface area (Å²) in [4.78, 5) is 17.9. The van der Waals surface area contributed by atoms with E-state index in [0.717, 1.165) is 43.9 Å². The molecule has 26 heavy (non-hydrogen) atoms. The topological polar surface area (TPSA) is 57.4 Å². The van der Waals surface area contributed by atoms with Crippen LogP contribution in [-0.2, 0) is 11.2 Å². The second-order valence-electron chi connectivity index (χ2n) is 6.51. The van der Waals surface area contributed by atoms with E-state index in [1.165, 1.54) is 10.9 Å². The van der Waals surface area contributed by atoms with Crippen molar-refractivity contribution >= 4 is 22.5 Å². The Morgan fingerprint density at radius 1 is 1.08 bits per heavy atom. The van der Waals surface area contributed by atoms with Crippen molar-refractivity contribution in [3.63, 3.8) is 0 Å². The fourth-order valence-corrected chi connectivity index (χ4v) is 3.43. The molecule has 0 atom stereocenters. The Hall–Kier alpha value is -2.79. The van der Waals surface area contributed by atoms with Crippen LogP contribution in [0.15, 0.2) is 54.7 Å². The first kappa shape index (κ1) is 16.7. The van der Waals surface area contributed by atoms with Gasteiger partial charge in [0.2, 0.25) is 0 Å². The highest BCUT2D eigenvalue weighted by Gasteiger charge is 2.12. The van der Waals surface area contributed by atoms with Crippen molar-refractivity contribution in [2.75, 3.05) is 37.7 Å². The first-order valence-electron chi connectivity index (χ1n) is 9.07. The number of ether oxygens (including phenoxy) is 1. The largest absolute Gasteiger partial charge is 0.378 e. The molecule has 134 valence electrons. The van der Waals surface area contributed by atoms with E-state index in [2.05, 4.69) is 33.4 Å². The molecular weight excluding hydrogens is 326 g/mol. The zero-order valence-corrected chi connectivity index (χ0v) is 14.7. The Kier molecular flexibility index (Phi) is 4.88. The maximum Gasteiger partial charge on any atom is 0.251 e. The lowest BCUT2D eigenvalue weighted by atomic mass is 10.1. The van der Waals surface area contributed by atoms with Gasteiger partial charge in [-0.05, 0) is 48.4 Å². The number of fused-ring (bicyclic) bond motifs is 1. The van der Waals surface area contributed by atoms with Crippen molar-refractivity contribution in [1.29, 1.82) is 0 Å². The number of carbonyl (C=O) groups excluding carboxylic acids is 1. The molecule has 5 nitrogen and oxygen atoms in total. The lowest BCUT2D eigenvalue weighted by Crippen LogP contribution is -2.36. The summed E-state index contributed by atoms with van der Waals surface area (Å²) in [7, 11) is 0. The number of morpholine rings is 1. The Morgan fingerprint density at radius 3 is 2.69 bits per heavy atom. The van der Waals surface area contributed by atoms with Gasteiger partial charge in [0.1, 0.15) is 0 Å². The predicted octanol–water partition coefficient (Wildman–Crippen LogP) is 2.98. The molecule has 2 heterocycles. The van der Waals surface area contributed by atoms with Crippen LogP contribution >= 0.6 is 0 Å². The van der Waals surface area contributed by atoms with Crippen molar-refractivity contribution in [2.24, 2.45) is 0 Å². The van der Waals surface area contributed by atoms with Crippen molar-refractivity contribution in [2.45, 2.75) is 6.42 Å². The third kappa shape index (κ3) is 3.58. The van der Waals surface area contributed by atoms with Crippen LogP contribution in [0.3, 0.4) is 0 Å². The van der Waals surface area contributed by atoms with Gasteiger partial charge >= 0.3 is 0 Å². The molecule has 1 aliphatic rings. The molecule has 1 fully saturated rings. The lowest BCUT2D eigenvalue weighted by Gasteiger charge is -2.28. The van der Waals surface area contributed by atoms with Gasteiger partial charge in [0.25, 0.3) is 5.91 Å². The number of hydrogen-bond donors (Lipinski definition) is 2. The van der Waals surface area contributed by atoms with E-state index in [1.54, 1.807) is 0 Å². The standard InChI is InChI=1S/C21H23N3O2/c25-21(17-4-6-18(7-5-17)24-12-14-26-15-13-24)23-10-8-16-2-1-3-20-19(16)9-11-22-20/h1-7,9,11,22H,8,10,12-15H2,(H,23,25). The fourth-order valence-electron chi connectivity index (χ4n) is 3.43. The number of carbonyl (C=O) groups is 1. The van der Waals surface area contributed by atoms with Crippen LogP contribution in [0.1, 0.15) is 15.9 Å². The lowest BCUT2D eigenvalue weighted by molar-refractivity contribution is 0.0954. The summed E-state index contributed by atoms with van der Waals surface area (Å²) in [6.07, 6.45) is 2.76. The van der Waals surface area contributed by atoms with E-state index in [1.807, 2.05) is 36.5 Å². The number of rotatable bonds is 5. The number of hydrogen-bond acceptors (Lipinski definition) is 3. The van der Waals surface area contributed by atoms with Crippen LogP contribution in [0.4, 0.5) is 5.69 Å². The number of aromatic amines is 1. The molecule has 2 N–H and O–H groups in total. The first-order valence-corrected chi connectivity index (χ1v) is 9.07. The predicted molar refractivity (Wildman–Crippen MR) is 104 cm³/mol. The molecule has 0 radical (unpaired) electrons. The molecule has 1 saturated heterocycles. The third-order valence-electron chi connectivity index (χ3n) is 4.87. The van der Waals surface area contributed by atoms with Gasteiger partial charge in [0.15, 0.2) is 0 Å². The number of anilines is 1. The summed E-state index contributed by atoms with van der Waals surface area (Å²) < 4.78 is 5.38. The van der Waals surface area contributed by atoms with Gasteiger partial charge in [-0.25, -0.2) is 0 Å². The normalized spacial score (nSPS) is 14.5. The maximum absolute atomic E-state index is 12.4. The van der Waals surface area contributed by atoms with Crippen LogP contribution < -0.4 is 10.2 Å². The minimum atomic E-state index is -0.0280. The molecule has 0 bridgehead atoms. The van der Waals surface area contributed by atoms with E-state index >= 15 is 0 Å². The molecule has 0 unspecified atom stereocenters. The summed E-state index contributed by atoms with van der Waals surface area (Å²) in [6, 6.07) is 16.1. The number of nitrogens with zero attached hydrogens (tertiary/aromatic N) is 1. The highest BCUT2D eigenvalue weighted by Crippen LogP contribution is 2.18. The molecular formula is C21H23N3O2. The maximum atomic E-state index is 12.4. The molecule has 4 rings (SSSR count). The quantitative estimate of drug-likeness (QED) is 0.744. The minimum Gasteiger partial charge on any atom is -0.378 e. The zero-order chi connectivity index (χ0) is 17.8. The van der Waals surface area contributed by atoms with Crippen molar-refractivity contribution in [3.05, 3.63) is 65.9 Å². The van der Waals surface area contributed by atoms with Crippen LogP contribution in [-0.4, -0.2) is 43.7 Å². The molecule has 3 aromatic rings. The van der Waals surface area contributed by atoms with Crippen LogP contribution in [0, 0.1) is 0 Å². The van der Waals surface area contributed by atoms with E-state index in [4.69, 9.17) is 4.74 Å². The smallest absolute Gasteiger partial charge is 0.251 e. The van der Waals surface area contributed by atoms with E-state index in [0.29, 0.717) is 12.1 Å². The Morgan fingerprint density at radius 2 is 1.88 bits per heavy atom. The average molecular weight is 349 g/mol. The van der Waals surface area contributed by atoms with Crippen molar-refractivity contribution in [1.82, 2.24) is 10.3 Å². The zero-order valence-electron chi connectivity index (χ0n) is 14.7. The molecule has 1 amide bonds. The van der Waals surface area contributed by atoms with Crippen LogP contribution in [0.5, 0.6) is 0 Å². The van der Waals surface area contributed by atoms with Gasteiger partial charge in [0.05, 0.1) is 13.2 Å².